The van der Waals surface area contributed by atoms with Crippen LogP contribution in [-0.2, 0) is 4.79 Å². The lowest BCUT2D eigenvalue weighted by atomic mass is 10.2. The van der Waals surface area contributed by atoms with Crippen LogP contribution < -0.4 is 5.73 Å². The van der Waals surface area contributed by atoms with Gasteiger partial charge < -0.3 is 10.6 Å². The van der Waals surface area contributed by atoms with E-state index in [9.17, 15) is 22.4 Å². The summed E-state index contributed by atoms with van der Waals surface area (Å²) in [5.74, 6) is -9.20. The van der Waals surface area contributed by atoms with Gasteiger partial charge in [-0.25, -0.2) is 0 Å². The molecule has 1 aliphatic heterocycles. The van der Waals surface area contributed by atoms with Gasteiger partial charge in [0.05, 0.1) is 19.1 Å². The van der Waals surface area contributed by atoms with E-state index in [1.54, 1.807) is 0 Å². The average Bonchev–Trinajstić information content (AvgIpc) is 2.20. The van der Waals surface area contributed by atoms with Crippen LogP contribution in [0.4, 0.5) is 17.6 Å². The highest BCUT2D eigenvalue weighted by molar-refractivity contribution is 5.81. The molecule has 1 amide bonds. The number of nitrogens with two attached hydrogens (primary N) is 1. The first-order chi connectivity index (χ1) is 6.17. The highest BCUT2D eigenvalue weighted by Gasteiger charge is 2.63. The molecule has 0 bridgehead atoms. The van der Waals surface area contributed by atoms with Crippen LogP contribution in [0, 0.1) is 0 Å². The maximum atomic E-state index is 12.6. The maximum absolute atomic E-state index is 12.6. The summed E-state index contributed by atoms with van der Waals surface area (Å²) >= 11 is 0. The van der Waals surface area contributed by atoms with Crippen molar-refractivity contribution in [2.75, 3.05) is 13.1 Å². The Bertz CT molecular complexity index is 238. The molecule has 0 saturated carbocycles. The van der Waals surface area contributed by atoms with Crippen LogP contribution in [0.15, 0.2) is 0 Å². The van der Waals surface area contributed by atoms with Crippen molar-refractivity contribution in [3.05, 3.63) is 0 Å². The second kappa shape index (κ2) is 3.08. The molecule has 82 valence electrons. The van der Waals surface area contributed by atoms with Crippen LogP contribution in [0.3, 0.4) is 0 Å². The third-order valence-corrected chi connectivity index (χ3v) is 2.02. The smallest absolute Gasteiger partial charge is 0.329 e. The van der Waals surface area contributed by atoms with Crippen LogP contribution in [0.25, 0.3) is 0 Å². The Labute approximate surface area is 77.8 Å². The molecule has 1 fully saturated rings. The number of amides is 1. The Morgan fingerprint density at radius 2 is 1.64 bits per heavy atom. The average molecular weight is 214 g/mol. The Morgan fingerprint density at radius 3 is 1.93 bits per heavy atom. The fourth-order valence-electron chi connectivity index (χ4n) is 1.21. The molecule has 3 nitrogen and oxygen atoms in total. The molecule has 0 aromatic carbocycles. The molecule has 0 radical (unpaired) electrons. The lowest BCUT2D eigenvalue weighted by molar-refractivity contribution is -0.172. The molecule has 2 N–H and O–H groups in total. The zero-order chi connectivity index (χ0) is 11.1. The monoisotopic (exact) mass is 214 g/mol. The van der Waals surface area contributed by atoms with E-state index < -0.39 is 36.9 Å². The number of carbonyl (C=O) groups is 1. The second-order valence-electron chi connectivity index (χ2n) is 3.39. The van der Waals surface area contributed by atoms with E-state index in [1.165, 1.54) is 6.92 Å². The molecule has 14 heavy (non-hydrogen) atoms. The van der Waals surface area contributed by atoms with Crippen molar-refractivity contribution >= 4 is 5.91 Å². The molecule has 1 atom stereocenters. The lowest BCUT2D eigenvalue weighted by Crippen LogP contribution is -2.41. The minimum Gasteiger partial charge on any atom is -0.329 e. The molecule has 0 aliphatic carbocycles. The highest BCUT2D eigenvalue weighted by Crippen LogP contribution is 2.40. The number of nitrogens with zero attached hydrogens (tertiary/aromatic N) is 1. The Kier molecular flexibility index (Phi) is 2.47. The molecule has 1 heterocycles. The number of hydrogen-bond donors (Lipinski definition) is 1. The summed E-state index contributed by atoms with van der Waals surface area (Å²) in [5, 5.41) is 0. The molecule has 1 aliphatic rings. The third-order valence-electron chi connectivity index (χ3n) is 2.02. The van der Waals surface area contributed by atoms with Crippen LogP contribution >= 0.6 is 0 Å². The van der Waals surface area contributed by atoms with Crippen LogP contribution in [0.5, 0.6) is 0 Å². The van der Waals surface area contributed by atoms with Crippen molar-refractivity contribution in [3.8, 4) is 0 Å². The molecule has 7 heteroatoms. The van der Waals surface area contributed by atoms with E-state index in [1.807, 2.05) is 0 Å². The van der Waals surface area contributed by atoms with Gasteiger partial charge in [-0.2, -0.15) is 17.6 Å². The number of halogens is 4. The van der Waals surface area contributed by atoms with Gasteiger partial charge in [0.25, 0.3) is 0 Å². The summed E-state index contributed by atoms with van der Waals surface area (Å²) in [6, 6.07) is -1.04. The van der Waals surface area contributed by atoms with Crippen molar-refractivity contribution in [3.63, 3.8) is 0 Å². The molecule has 0 aromatic heterocycles. The largest absolute Gasteiger partial charge is 0.329 e. The first-order valence-corrected chi connectivity index (χ1v) is 3.97. The molecule has 0 aromatic rings. The van der Waals surface area contributed by atoms with E-state index >= 15 is 0 Å². The SMILES string of the molecule is C[C@@H](N)C(=O)N1CC(F)(F)C(F)(F)C1. The minimum atomic E-state index is -4.16. The summed E-state index contributed by atoms with van der Waals surface area (Å²) in [4.78, 5) is 11.4. The van der Waals surface area contributed by atoms with Gasteiger partial charge in [0.2, 0.25) is 5.91 Å². The standard InChI is InChI=1S/C7H10F4N2O/c1-4(12)5(14)13-2-6(8,9)7(10,11)3-13/h4H,2-3,12H2,1H3/t4-/m1/s1. The van der Waals surface area contributed by atoms with E-state index in [2.05, 4.69) is 0 Å². The van der Waals surface area contributed by atoms with E-state index in [0.29, 0.717) is 4.90 Å². The Morgan fingerprint density at radius 1 is 1.29 bits per heavy atom. The van der Waals surface area contributed by atoms with Crippen molar-refractivity contribution in [1.82, 2.24) is 4.90 Å². The Hall–Kier alpha value is -0.850. The summed E-state index contributed by atoms with van der Waals surface area (Å²) < 4.78 is 50.4. The topological polar surface area (TPSA) is 46.3 Å². The van der Waals surface area contributed by atoms with Gasteiger partial charge in [-0.15, -0.1) is 0 Å². The normalized spacial score (nSPS) is 26.3. The predicted molar refractivity (Wildman–Crippen MR) is 40.1 cm³/mol. The summed E-state index contributed by atoms with van der Waals surface area (Å²) in [6.07, 6.45) is 0. The molecule has 1 saturated heterocycles. The highest BCUT2D eigenvalue weighted by atomic mass is 19.3. The van der Waals surface area contributed by atoms with Crippen molar-refractivity contribution < 1.29 is 22.4 Å². The fourth-order valence-corrected chi connectivity index (χ4v) is 1.21. The Balaban J connectivity index is 2.78. The first-order valence-electron chi connectivity index (χ1n) is 3.97. The molecule has 1 rings (SSSR count). The summed E-state index contributed by atoms with van der Waals surface area (Å²) in [5.41, 5.74) is 5.11. The van der Waals surface area contributed by atoms with Gasteiger partial charge in [-0.05, 0) is 6.92 Å². The molecule has 0 spiro atoms. The first kappa shape index (κ1) is 11.2. The second-order valence-corrected chi connectivity index (χ2v) is 3.39. The van der Waals surface area contributed by atoms with E-state index in [0.717, 1.165) is 0 Å². The van der Waals surface area contributed by atoms with Crippen LogP contribution in [-0.4, -0.2) is 41.8 Å². The van der Waals surface area contributed by atoms with Crippen molar-refractivity contribution in [2.45, 2.75) is 24.8 Å². The minimum absolute atomic E-state index is 0.394. The van der Waals surface area contributed by atoms with Crippen molar-refractivity contribution in [1.29, 1.82) is 0 Å². The van der Waals surface area contributed by atoms with Gasteiger partial charge in [0, 0.05) is 0 Å². The van der Waals surface area contributed by atoms with E-state index in [-0.39, 0.29) is 0 Å². The van der Waals surface area contributed by atoms with Gasteiger partial charge in [0.15, 0.2) is 0 Å². The summed E-state index contributed by atoms with van der Waals surface area (Å²) in [7, 11) is 0. The number of likely N-dealkylation sites (tertiary alicyclic amines) is 1. The van der Waals surface area contributed by atoms with Crippen LogP contribution in [0.2, 0.25) is 0 Å². The molecular weight excluding hydrogens is 204 g/mol. The van der Waals surface area contributed by atoms with E-state index in [4.69, 9.17) is 5.73 Å². The zero-order valence-electron chi connectivity index (χ0n) is 7.44. The van der Waals surface area contributed by atoms with Crippen molar-refractivity contribution in [2.24, 2.45) is 5.73 Å². The maximum Gasteiger partial charge on any atom is 0.329 e. The van der Waals surface area contributed by atoms with Gasteiger partial charge in [-0.1, -0.05) is 0 Å². The number of hydrogen-bond acceptors (Lipinski definition) is 2. The zero-order valence-corrected chi connectivity index (χ0v) is 7.44. The molecular formula is C7H10F4N2O. The third kappa shape index (κ3) is 1.68. The quantitative estimate of drug-likeness (QED) is 0.644. The summed E-state index contributed by atoms with van der Waals surface area (Å²) in [6.45, 7) is -1.27. The number of alkyl halides is 4. The van der Waals surface area contributed by atoms with Gasteiger partial charge >= 0.3 is 11.8 Å². The predicted octanol–water partition coefficient (Wildman–Crippen LogP) is 0.446. The molecule has 0 unspecified atom stereocenters. The van der Waals surface area contributed by atoms with Gasteiger partial charge in [-0.3, -0.25) is 4.79 Å². The van der Waals surface area contributed by atoms with Gasteiger partial charge in [0.1, 0.15) is 0 Å². The van der Waals surface area contributed by atoms with Crippen LogP contribution in [0.1, 0.15) is 6.92 Å². The number of rotatable bonds is 1. The number of carbonyl (C=O) groups excluding carboxylic acids is 1. The fraction of sp³-hybridized carbons (Fsp3) is 0.857. The lowest BCUT2D eigenvalue weighted by Gasteiger charge is -2.16.